The van der Waals surface area contributed by atoms with Crippen LogP contribution in [0.5, 0.6) is 5.75 Å². The lowest BCUT2D eigenvalue weighted by atomic mass is 9.86. The van der Waals surface area contributed by atoms with E-state index in [0.717, 1.165) is 29.7 Å². The minimum absolute atomic E-state index is 0.344. The van der Waals surface area contributed by atoms with E-state index in [2.05, 4.69) is 35.3 Å². The topological polar surface area (TPSA) is 59.4 Å². The van der Waals surface area contributed by atoms with Crippen molar-refractivity contribution in [2.45, 2.75) is 25.2 Å². The van der Waals surface area contributed by atoms with E-state index in [1.54, 1.807) is 12.3 Å². The Hall–Kier alpha value is -3.14. The fraction of sp³-hybridized carbons (Fsp3) is 0.217. The highest BCUT2D eigenvalue weighted by molar-refractivity contribution is 5.89. The molecular weight excluding hydrogens is 338 g/mol. The highest BCUT2D eigenvalue weighted by atomic mass is 16.5. The van der Waals surface area contributed by atoms with E-state index < -0.39 is 5.97 Å². The van der Waals surface area contributed by atoms with E-state index in [-0.39, 0.29) is 0 Å². The molecule has 0 radical (unpaired) electrons. The van der Waals surface area contributed by atoms with E-state index in [1.165, 1.54) is 17.3 Å². The minimum atomic E-state index is -0.896. The average Bonchev–Trinajstić information content (AvgIpc) is 2.72. The van der Waals surface area contributed by atoms with Crippen LogP contribution < -0.4 is 4.74 Å². The van der Waals surface area contributed by atoms with Gasteiger partial charge in [0.05, 0.1) is 12.2 Å². The van der Waals surface area contributed by atoms with Crippen LogP contribution in [0.3, 0.4) is 0 Å². The molecule has 1 aliphatic rings. The van der Waals surface area contributed by atoms with Gasteiger partial charge in [0.25, 0.3) is 0 Å². The molecule has 4 heteroatoms. The molecule has 2 aromatic carbocycles. The van der Waals surface area contributed by atoms with E-state index in [4.69, 9.17) is 4.74 Å². The molecule has 1 atom stereocenters. The molecule has 3 aromatic rings. The Kier molecular flexibility index (Phi) is 4.88. The number of ether oxygens (including phenoxy) is 1. The number of fused-ring (bicyclic) bond motifs is 1. The van der Waals surface area contributed by atoms with Crippen LogP contribution in [0.25, 0.3) is 11.1 Å². The molecule has 0 spiro atoms. The van der Waals surface area contributed by atoms with Crippen molar-refractivity contribution in [2.75, 3.05) is 6.61 Å². The maximum Gasteiger partial charge on any atom is 0.336 e. The third-order valence-corrected chi connectivity index (χ3v) is 5.18. The predicted molar refractivity (Wildman–Crippen MR) is 104 cm³/mol. The summed E-state index contributed by atoms with van der Waals surface area (Å²) in [6, 6.07) is 18.3. The van der Waals surface area contributed by atoms with Crippen LogP contribution in [0.15, 0.2) is 67.0 Å². The van der Waals surface area contributed by atoms with E-state index >= 15 is 0 Å². The highest BCUT2D eigenvalue weighted by Crippen LogP contribution is 2.39. The first-order valence-corrected chi connectivity index (χ1v) is 9.21. The fourth-order valence-electron chi connectivity index (χ4n) is 3.74. The second kappa shape index (κ2) is 7.62. The number of hydrogen-bond acceptors (Lipinski definition) is 3. The molecular formula is C23H21NO3. The summed E-state index contributed by atoms with van der Waals surface area (Å²) in [7, 11) is 0. The quantitative estimate of drug-likeness (QED) is 0.700. The number of aromatic carboxylic acids is 1. The number of nitrogens with zero attached hydrogens (tertiary/aromatic N) is 1. The van der Waals surface area contributed by atoms with Gasteiger partial charge in [-0.05, 0) is 59.6 Å². The molecule has 1 aromatic heterocycles. The summed E-state index contributed by atoms with van der Waals surface area (Å²) in [5, 5.41) is 9.35. The van der Waals surface area contributed by atoms with Gasteiger partial charge in [0.1, 0.15) is 5.75 Å². The van der Waals surface area contributed by atoms with Crippen molar-refractivity contribution in [1.29, 1.82) is 0 Å². The van der Waals surface area contributed by atoms with Crippen molar-refractivity contribution in [3.63, 3.8) is 0 Å². The zero-order valence-corrected chi connectivity index (χ0v) is 15.0. The third kappa shape index (κ3) is 3.70. The zero-order chi connectivity index (χ0) is 18.6. The first-order valence-electron chi connectivity index (χ1n) is 9.21. The van der Waals surface area contributed by atoms with Gasteiger partial charge in [-0.25, -0.2) is 4.79 Å². The van der Waals surface area contributed by atoms with Crippen LogP contribution in [-0.4, -0.2) is 22.7 Å². The fourth-order valence-corrected chi connectivity index (χ4v) is 3.74. The Labute approximate surface area is 158 Å². The zero-order valence-electron chi connectivity index (χ0n) is 15.0. The van der Waals surface area contributed by atoms with E-state index in [0.29, 0.717) is 24.5 Å². The number of pyridine rings is 1. The minimum Gasteiger partial charge on any atom is -0.493 e. The molecule has 0 aliphatic carbocycles. The van der Waals surface area contributed by atoms with Crippen LogP contribution in [0.4, 0.5) is 0 Å². The van der Waals surface area contributed by atoms with Crippen molar-refractivity contribution in [1.82, 2.24) is 4.98 Å². The number of aryl methyl sites for hydroxylation is 1. The normalized spacial score (nSPS) is 15.6. The lowest BCUT2D eigenvalue weighted by Gasteiger charge is -2.26. The second-order valence-corrected chi connectivity index (χ2v) is 6.83. The summed E-state index contributed by atoms with van der Waals surface area (Å²) < 4.78 is 5.92. The Bertz CT molecular complexity index is 953. The molecule has 4 nitrogen and oxygen atoms in total. The number of aromatic nitrogens is 1. The van der Waals surface area contributed by atoms with Gasteiger partial charge in [-0.3, -0.25) is 4.98 Å². The number of carboxylic acids is 1. The molecule has 4 rings (SSSR count). The van der Waals surface area contributed by atoms with Gasteiger partial charge < -0.3 is 9.84 Å². The second-order valence-electron chi connectivity index (χ2n) is 6.83. The van der Waals surface area contributed by atoms with Crippen molar-refractivity contribution >= 4 is 5.97 Å². The largest absolute Gasteiger partial charge is 0.493 e. The lowest BCUT2D eigenvalue weighted by Crippen LogP contribution is -2.15. The lowest BCUT2D eigenvalue weighted by molar-refractivity contribution is 0.0695. The SMILES string of the molecule is O=C(O)c1ccncc1CC[C@H]1CCOc2cc(-c3ccccc3)ccc21. The Morgan fingerprint density at radius 3 is 2.78 bits per heavy atom. The van der Waals surface area contributed by atoms with Crippen molar-refractivity contribution < 1.29 is 14.6 Å². The van der Waals surface area contributed by atoms with Crippen molar-refractivity contribution in [2.24, 2.45) is 0 Å². The monoisotopic (exact) mass is 359 g/mol. The molecule has 2 heterocycles. The highest BCUT2D eigenvalue weighted by Gasteiger charge is 2.22. The number of hydrogen-bond donors (Lipinski definition) is 1. The molecule has 0 unspecified atom stereocenters. The first kappa shape index (κ1) is 17.3. The summed E-state index contributed by atoms with van der Waals surface area (Å²) in [5.74, 6) is 0.407. The molecule has 1 aliphatic heterocycles. The molecule has 27 heavy (non-hydrogen) atoms. The van der Waals surface area contributed by atoms with Crippen molar-refractivity contribution in [3.8, 4) is 16.9 Å². The van der Waals surface area contributed by atoms with E-state index in [9.17, 15) is 9.90 Å². The predicted octanol–water partition coefficient (Wildman–Crippen LogP) is 4.95. The summed E-state index contributed by atoms with van der Waals surface area (Å²) in [5.41, 5.74) is 4.67. The van der Waals surface area contributed by atoms with Gasteiger partial charge in [-0.2, -0.15) is 0 Å². The molecule has 0 saturated carbocycles. The molecule has 0 fully saturated rings. The molecule has 136 valence electrons. The summed E-state index contributed by atoms with van der Waals surface area (Å²) >= 11 is 0. The van der Waals surface area contributed by atoms with Crippen LogP contribution in [0.2, 0.25) is 0 Å². The molecule has 1 N–H and O–H groups in total. The first-order chi connectivity index (χ1) is 13.2. The summed E-state index contributed by atoms with van der Waals surface area (Å²) in [6.45, 7) is 0.689. The Balaban J connectivity index is 1.55. The van der Waals surface area contributed by atoms with Gasteiger partial charge in [0.15, 0.2) is 0 Å². The van der Waals surface area contributed by atoms with Crippen LogP contribution in [-0.2, 0) is 6.42 Å². The third-order valence-electron chi connectivity index (χ3n) is 5.18. The molecule has 0 amide bonds. The van der Waals surface area contributed by atoms with E-state index in [1.807, 2.05) is 18.2 Å². The van der Waals surface area contributed by atoms with Gasteiger partial charge in [0.2, 0.25) is 0 Å². The van der Waals surface area contributed by atoms with Crippen LogP contribution in [0.1, 0.15) is 40.2 Å². The van der Waals surface area contributed by atoms with Crippen LogP contribution >= 0.6 is 0 Å². The summed E-state index contributed by atoms with van der Waals surface area (Å²) in [4.78, 5) is 15.5. The molecule has 0 saturated heterocycles. The van der Waals surface area contributed by atoms with Crippen LogP contribution in [0, 0.1) is 0 Å². The number of benzene rings is 2. The standard InChI is InChI=1S/C23H21NO3/c25-23(26)21-10-12-24-15-19(21)7-6-17-11-13-27-22-14-18(8-9-20(17)22)16-4-2-1-3-5-16/h1-5,8-10,12,14-15,17H,6-7,11,13H2,(H,25,26)/t17-/m0/s1. The Morgan fingerprint density at radius 1 is 1.11 bits per heavy atom. The smallest absolute Gasteiger partial charge is 0.336 e. The maximum absolute atomic E-state index is 11.4. The number of carboxylic acid groups (broad SMARTS) is 1. The number of carbonyl (C=O) groups is 1. The van der Waals surface area contributed by atoms with Gasteiger partial charge >= 0.3 is 5.97 Å². The maximum atomic E-state index is 11.4. The van der Waals surface area contributed by atoms with Gasteiger partial charge in [-0.15, -0.1) is 0 Å². The van der Waals surface area contributed by atoms with Crippen molar-refractivity contribution in [3.05, 3.63) is 83.7 Å². The van der Waals surface area contributed by atoms with Gasteiger partial charge in [0, 0.05) is 12.4 Å². The van der Waals surface area contributed by atoms with Gasteiger partial charge in [-0.1, -0.05) is 42.5 Å². The number of rotatable bonds is 5. The summed E-state index contributed by atoms with van der Waals surface area (Å²) in [6.07, 6.45) is 5.72. The Morgan fingerprint density at radius 2 is 1.96 bits per heavy atom. The average molecular weight is 359 g/mol. The molecule has 0 bridgehead atoms.